The summed E-state index contributed by atoms with van der Waals surface area (Å²) in [4.78, 5) is 17.3. The second-order valence-electron chi connectivity index (χ2n) is 8.62. The van der Waals surface area contributed by atoms with Gasteiger partial charge in [0, 0.05) is 23.5 Å². The number of fused-ring (bicyclic) bond motifs is 1. The molecule has 2 aliphatic rings. The molecule has 172 valence electrons. The lowest BCUT2D eigenvalue weighted by Gasteiger charge is -2.39. The largest absolute Gasteiger partial charge is 0.394 e. The molecule has 0 spiro atoms. The van der Waals surface area contributed by atoms with Crippen LogP contribution in [0.1, 0.15) is 24.0 Å². The van der Waals surface area contributed by atoms with E-state index in [0.717, 1.165) is 16.8 Å². The molecule has 0 fully saturated rings. The molecule has 2 aromatic heterocycles. The zero-order valence-corrected chi connectivity index (χ0v) is 19.0. The van der Waals surface area contributed by atoms with Crippen molar-refractivity contribution in [3.8, 4) is 11.3 Å². The number of hydrogen-bond donors (Lipinski definition) is 3. The number of nitrogens with zero attached hydrogens (tertiary/aromatic N) is 5. The number of aliphatic hydroxyl groups is 1. The molecule has 0 amide bonds. The number of ketones is 1. The number of aromatic nitrogens is 3. The van der Waals surface area contributed by atoms with Crippen molar-refractivity contribution in [3.63, 3.8) is 0 Å². The van der Waals surface area contributed by atoms with Gasteiger partial charge in [0.15, 0.2) is 5.78 Å². The van der Waals surface area contributed by atoms with Gasteiger partial charge in [0.2, 0.25) is 6.17 Å². The van der Waals surface area contributed by atoms with Crippen LogP contribution in [-0.4, -0.2) is 62.1 Å². The number of Topliss-reactive ketones (excluding diaryl/α,β-unsaturated/α-hetero) is 1. The van der Waals surface area contributed by atoms with E-state index in [9.17, 15) is 9.90 Å². The molecule has 3 aromatic rings. The van der Waals surface area contributed by atoms with E-state index in [4.69, 9.17) is 5.41 Å². The van der Waals surface area contributed by atoms with E-state index in [1.807, 2.05) is 61.9 Å². The van der Waals surface area contributed by atoms with Gasteiger partial charge in [-0.3, -0.25) is 14.5 Å². The Morgan fingerprint density at radius 1 is 1.18 bits per heavy atom. The summed E-state index contributed by atoms with van der Waals surface area (Å²) in [5.74, 6) is -0.236. The highest BCUT2D eigenvalue weighted by molar-refractivity contribution is 6.23. The summed E-state index contributed by atoms with van der Waals surface area (Å²) < 4.78 is 1.54. The first-order valence-electron chi connectivity index (χ1n) is 11.1. The minimum absolute atomic E-state index is 0.0392. The van der Waals surface area contributed by atoms with Crippen LogP contribution in [0, 0.1) is 5.41 Å². The third-order valence-electron chi connectivity index (χ3n) is 6.42. The Kier molecular flexibility index (Phi) is 5.43. The molecule has 0 saturated heterocycles. The Morgan fingerprint density at radius 3 is 2.65 bits per heavy atom. The van der Waals surface area contributed by atoms with Gasteiger partial charge in [-0.25, -0.2) is 5.41 Å². The minimum atomic E-state index is -0.323. The topological polar surface area (TPSA) is 116 Å². The quantitative estimate of drug-likeness (QED) is 0.493. The number of nitrogens with one attached hydrogen (secondary N) is 2. The van der Waals surface area contributed by atoms with E-state index < -0.39 is 0 Å². The molecule has 4 heterocycles. The Balaban J connectivity index is 1.51. The van der Waals surface area contributed by atoms with Gasteiger partial charge >= 0.3 is 0 Å². The smallest absolute Gasteiger partial charge is 0.261 e. The van der Waals surface area contributed by atoms with Gasteiger partial charge < -0.3 is 10.4 Å². The summed E-state index contributed by atoms with van der Waals surface area (Å²) in [6.45, 7) is 1.77. The molecule has 34 heavy (non-hydrogen) atoms. The molecule has 9 nitrogen and oxygen atoms in total. The highest BCUT2D eigenvalue weighted by atomic mass is 16.3. The Morgan fingerprint density at radius 2 is 1.97 bits per heavy atom. The number of aliphatic hydroxyl groups excluding tert-OH is 1. The third kappa shape index (κ3) is 3.55. The SMILES string of the molecule is CC(=O)C1=C(c2cnn(CCO)c2)NC2C(c3ccc(-c4ccccc4)nc3)C=N[N+]2(C)C1=N. The second kappa shape index (κ2) is 8.44. The molecule has 1 aromatic carbocycles. The van der Waals surface area contributed by atoms with E-state index >= 15 is 0 Å². The van der Waals surface area contributed by atoms with E-state index in [0.29, 0.717) is 17.8 Å². The van der Waals surface area contributed by atoms with Gasteiger partial charge in [-0.2, -0.15) is 5.10 Å². The first-order valence-corrected chi connectivity index (χ1v) is 11.1. The van der Waals surface area contributed by atoms with Crippen LogP contribution in [0.15, 0.2) is 71.7 Å². The molecule has 2 aliphatic heterocycles. The number of pyridine rings is 1. The highest BCUT2D eigenvalue weighted by Crippen LogP contribution is 2.39. The molecule has 0 aliphatic carbocycles. The van der Waals surface area contributed by atoms with Crippen molar-refractivity contribution in [3.05, 3.63) is 77.8 Å². The van der Waals surface area contributed by atoms with Crippen LogP contribution in [0.5, 0.6) is 0 Å². The van der Waals surface area contributed by atoms with Crippen LogP contribution >= 0.6 is 0 Å². The lowest BCUT2D eigenvalue weighted by atomic mass is 9.93. The molecule has 0 radical (unpaired) electrons. The van der Waals surface area contributed by atoms with Gasteiger partial charge in [-0.15, -0.1) is 4.59 Å². The third-order valence-corrected chi connectivity index (χ3v) is 6.42. The number of carbonyl (C=O) groups excluding carboxylic acids is 1. The van der Waals surface area contributed by atoms with Gasteiger partial charge in [0.25, 0.3) is 5.84 Å². The van der Waals surface area contributed by atoms with Crippen LogP contribution in [0.4, 0.5) is 0 Å². The Hall–Kier alpha value is -3.95. The van der Waals surface area contributed by atoms with Crippen molar-refractivity contribution in [2.24, 2.45) is 5.10 Å². The summed E-state index contributed by atoms with van der Waals surface area (Å²) >= 11 is 0. The molecular weight excluding hydrogens is 430 g/mol. The van der Waals surface area contributed by atoms with Gasteiger partial charge in [0.05, 0.1) is 37.0 Å². The summed E-state index contributed by atoms with van der Waals surface area (Å²) in [6.07, 6.45) is 6.78. The fourth-order valence-electron chi connectivity index (χ4n) is 4.59. The average molecular weight is 457 g/mol. The number of hydrogen-bond acceptors (Lipinski definition) is 7. The minimum Gasteiger partial charge on any atom is -0.394 e. The number of amidine groups is 1. The van der Waals surface area contributed by atoms with Crippen molar-refractivity contribution < 1.29 is 14.5 Å². The van der Waals surface area contributed by atoms with Crippen LogP contribution in [0.3, 0.4) is 0 Å². The molecule has 5 rings (SSSR count). The average Bonchev–Trinajstić information content (AvgIpc) is 3.45. The molecule has 3 N–H and O–H groups in total. The molecule has 9 heteroatoms. The summed E-state index contributed by atoms with van der Waals surface area (Å²) in [5, 5.41) is 30.6. The van der Waals surface area contributed by atoms with E-state index in [1.165, 1.54) is 6.92 Å². The Bertz CT molecular complexity index is 1310. The summed E-state index contributed by atoms with van der Waals surface area (Å²) in [7, 11) is 1.83. The lowest BCUT2D eigenvalue weighted by molar-refractivity contribution is -0.852. The van der Waals surface area contributed by atoms with Crippen molar-refractivity contribution in [1.29, 1.82) is 5.41 Å². The molecule has 0 bridgehead atoms. The van der Waals surface area contributed by atoms with Gasteiger partial charge in [-0.05, 0) is 18.6 Å². The maximum Gasteiger partial charge on any atom is 0.261 e. The van der Waals surface area contributed by atoms with E-state index in [-0.39, 0.29) is 40.5 Å². The highest BCUT2D eigenvalue weighted by Gasteiger charge is 2.54. The molecule has 0 saturated carbocycles. The maximum absolute atomic E-state index is 12.6. The zero-order valence-electron chi connectivity index (χ0n) is 19.0. The van der Waals surface area contributed by atoms with Crippen molar-refractivity contribution >= 4 is 23.5 Å². The van der Waals surface area contributed by atoms with Crippen LogP contribution in [0.25, 0.3) is 17.0 Å². The predicted octanol–water partition coefficient (Wildman–Crippen LogP) is 2.37. The van der Waals surface area contributed by atoms with Crippen molar-refractivity contribution in [2.45, 2.75) is 25.6 Å². The standard InChI is InChI=1S/C25H25N7O2/c1-16(34)22-23(19-13-28-31(15-19)10-11-33)30-25-20(14-29-32(25,2)24(22)26)18-8-9-21(27-12-18)17-6-4-3-5-7-17/h3-9,12-15,20,25,33H,10-11H2,1-2H3,(H-,26,30,34)/p+1. The lowest BCUT2D eigenvalue weighted by Crippen LogP contribution is -2.61. The van der Waals surface area contributed by atoms with Crippen molar-refractivity contribution in [2.75, 3.05) is 13.7 Å². The van der Waals surface area contributed by atoms with E-state index in [2.05, 4.69) is 20.5 Å². The number of rotatable bonds is 6. The monoisotopic (exact) mass is 456 g/mol. The summed E-state index contributed by atoms with van der Waals surface area (Å²) in [5.41, 5.74) is 4.44. The van der Waals surface area contributed by atoms with Gasteiger partial charge in [0.1, 0.15) is 18.5 Å². The van der Waals surface area contributed by atoms with Crippen LogP contribution < -0.4 is 5.32 Å². The number of benzene rings is 1. The molecule has 3 atom stereocenters. The Labute approximate surface area is 197 Å². The van der Waals surface area contributed by atoms with Crippen LogP contribution in [-0.2, 0) is 11.3 Å². The number of carbonyl (C=O) groups is 1. The van der Waals surface area contributed by atoms with Gasteiger partial charge in [-0.1, -0.05) is 41.5 Å². The first kappa shape index (κ1) is 21.9. The number of likely N-dealkylation sites (N-methyl/N-ethyl adjacent to an activating group) is 1. The normalized spacial score (nSPS) is 23.7. The molecular formula is C25H26N7O2+. The van der Waals surface area contributed by atoms with Crippen LogP contribution in [0.2, 0.25) is 0 Å². The van der Waals surface area contributed by atoms with E-state index in [1.54, 1.807) is 17.1 Å². The first-order chi connectivity index (χ1) is 16.4. The fourth-order valence-corrected chi connectivity index (χ4v) is 4.59. The zero-order chi connectivity index (χ0) is 23.9. The predicted molar refractivity (Wildman–Crippen MR) is 129 cm³/mol. The fraction of sp³-hybridized carbons (Fsp3) is 0.240. The number of quaternary nitrogens is 1. The van der Waals surface area contributed by atoms with Crippen molar-refractivity contribution in [1.82, 2.24) is 20.1 Å². The molecule has 3 unspecified atom stereocenters. The summed E-state index contributed by atoms with van der Waals surface area (Å²) in [6, 6.07) is 14.0. The maximum atomic E-state index is 12.6. The second-order valence-corrected chi connectivity index (χ2v) is 8.62.